The van der Waals surface area contributed by atoms with Gasteiger partial charge in [0.15, 0.2) is 6.29 Å². The smallest absolute Gasteiger partial charge is 0.159 e. The van der Waals surface area contributed by atoms with E-state index >= 15 is 0 Å². The highest BCUT2D eigenvalue weighted by Gasteiger charge is 2.32. The monoisotopic (exact) mass is 161 g/mol. The Balaban J connectivity index is 2.47. The minimum atomic E-state index is -0.568. The van der Waals surface area contributed by atoms with Crippen LogP contribution in [-0.2, 0) is 9.47 Å². The average molecular weight is 161 g/mol. The second-order valence-electron chi connectivity index (χ2n) is 2.90. The van der Waals surface area contributed by atoms with Crippen molar-refractivity contribution in [2.24, 2.45) is 5.73 Å². The molecule has 0 spiro atoms. The molecular formula is C7H15NO3. The summed E-state index contributed by atoms with van der Waals surface area (Å²) in [4.78, 5) is 0. The van der Waals surface area contributed by atoms with Crippen LogP contribution < -0.4 is 5.73 Å². The summed E-state index contributed by atoms with van der Waals surface area (Å²) in [5, 5.41) is 9.35. The standard InChI is InChI=1S/C7H15NO3/c1-4-7(9)5(8)3-6(10-2)11-4/h4-7,9H,3,8H2,1-2H3/t4-,5+,6+,7+/m1/s1. The first-order valence-corrected chi connectivity index (χ1v) is 3.77. The van der Waals surface area contributed by atoms with Crippen molar-refractivity contribution in [3.8, 4) is 0 Å². The minimum Gasteiger partial charge on any atom is -0.389 e. The van der Waals surface area contributed by atoms with Crippen molar-refractivity contribution in [3.05, 3.63) is 0 Å². The van der Waals surface area contributed by atoms with E-state index in [1.807, 2.05) is 0 Å². The summed E-state index contributed by atoms with van der Waals surface area (Å²) in [7, 11) is 1.57. The van der Waals surface area contributed by atoms with Crippen LogP contribution in [0.15, 0.2) is 0 Å². The van der Waals surface area contributed by atoms with Crippen LogP contribution in [0.5, 0.6) is 0 Å². The Morgan fingerprint density at radius 2 is 2.27 bits per heavy atom. The summed E-state index contributed by atoms with van der Waals surface area (Å²) in [5.41, 5.74) is 5.62. The van der Waals surface area contributed by atoms with Gasteiger partial charge in [-0.05, 0) is 6.92 Å². The first-order valence-electron chi connectivity index (χ1n) is 3.77. The lowest BCUT2D eigenvalue weighted by Crippen LogP contribution is -2.51. The molecule has 0 aliphatic carbocycles. The molecule has 1 heterocycles. The first-order chi connectivity index (χ1) is 5.15. The Labute approximate surface area is 66.3 Å². The molecule has 1 saturated heterocycles. The molecule has 0 aromatic carbocycles. The molecule has 0 aromatic rings. The van der Waals surface area contributed by atoms with Crippen molar-refractivity contribution in [3.63, 3.8) is 0 Å². The van der Waals surface area contributed by atoms with E-state index in [0.717, 1.165) is 0 Å². The second kappa shape index (κ2) is 3.49. The van der Waals surface area contributed by atoms with Crippen LogP contribution >= 0.6 is 0 Å². The number of ether oxygens (including phenoxy) is 2. The molecule has 1 aliphatic heterocycles. The molecule has 1 aliphatic rings. The first kappa shape index (κ1) is 8.93. The third kappa shape index (κ3) is 1.90. The van der Waals surface area contributed by atoms with Crippen molar-refractivity contribution in [2.75, 3.05) is 7.11 Å². The van der Waals surface area contributed by atoms with Gasteiger partial charge in [0, 0.05) is 19.6 Å². The predicted molar refractivity (Wildman–Crippen MR) is 39.9 cm³/mol. The van der Waals surface area contributed by atoms with Crippen LogP contribution in [-0.4, -0.2) is 36.8 Å². The Hall–Kier alpha value is -0.160. The van der Waals surface area contributed by atoms with E-state index in [1.54, 1.807) is 14.0 Å². The van der Waals surface area contributed by atoms with Gasteiger partial charge < -0.3 is 20.3 Å². The van der Waals surface area contributed by atoms with Gasteiger partial charge in [0.05, 0.1) is 12.2 Å². The quantitative estimate of drug-likeness (QED) is 0.542. The molecule has 4 nitrogen and oxygen atoms in total. The topological polar surface area (TPSA) is 64.7 Å². The van der Waals surface area contributed by atoms with Crippen LogP contribution in [0.4, 0.5) is 0 Å². The molecule has 4 heteroatoms. The summed E-state index contributed by atoms with van der Waals surface area (Å²) >= 11 is 0. The molecule has 66 valence electrons. The largest absolute Gasteiger partial charge is 0.389 e. The third-order valence-electron chi connectivity index (χ3n) is 2.01. The predicted octanol–water partition coefficient (Wildman–Crippen LogP) is -0.544. The van der Waals surface area contributed by atoms with Gasteiger partial charge >= 0.3 is 0 Å². The number of methoxy groups -OCH3 is 1. The van der Waals surface area contributed by atoms with E-state index in [-0.39, 0.29) is 18.4 Å². The van der Waals surface area contributed by atoms with Crippen LogP contribution in [0.25, 0.3) is 0 Å². The second-order valence-corrected chi connectivity index (χ2v) is 2.90. The average Bonchev–Trinajstić information content (AvgIpc) is 1.99. The van der Waals surface area contributed by atoms with Crippen LogP contribution in [0.3, 0.4) is 0 Å². The van der Waals surface area contributed by atoms with Gasteiger partial charge in [0.25, 0.3) is 0 Å². The highest BCUT2D eigenvalue weighted by molar-refractivity contribution is 4.82. The molecule has 0 amide bonds. The van der Waals surface area contributed by atoms with Crippen LogP contribution in [0.1, 0.15) is 13.3 Å². The number of hydrogen-bond donors (Lipinski definition) is 2. The number of rotatable bonds is 1. The van der Waals surface area contributed by atoms with Gasteiger partial charge in [-0.3, -0.25) is 0 Å². The fraction of sp³-hybridized carbons (Fsp3) is 1.00. The number of aliphatic hydroxyl groups excluding tert-OH is 1. The van der Waals surface area contributed by atoms with Crippen molar-refractivity contribution < 1.29 is 14.6 Å². The number of aliphatic hydroxyl groups is 1. The lowest BCUT2D eigenvalue weighted by molar-refractivity contribution is -0.211. The zero-order valence-electron chi connectivity index (χ0n) is 6.86. The van der Waals surface area contributed by atoms with Crippen LogP contribution in [0.2, 0.25) is 0 Å². The van der Waals surface area contributed by atoms with E-state index in [0.29, 0.717) is 6.42 Å². The van der Waals surface area contributed by atoms with Gasteiger partial charge in [0.2, 0.25) is 0 Å². The zero-order valence-corrected chi connectivity index (χ0v) is 6.86. The normalized spacial score (nSPS) is 45.8. The van der Waals surface area contributed by atoms with E-state index < -0.39 is 6.10 Å². The summed E-state index contributed by atoms with van der Waals surface area (Å²) in [6.45, 7) is 1.79. The van der Waals surface area contributed by atoms with Crippen molar-refractivity contribution >= 4 is 0 Å². The van der Waals surface area contributed by atoms with Crippen molar-refractivity contribution in [1.82, 2.24) is 0 Å². The third-order valence-corrected chi connectivity index (χ3v) is 2.01. The zero-order chi connectivity index (χ0) is 8.43. The maximum atomic E-state index is 9.35. The minimum absolute atomic E-state index is 0.233. The molecule has 3 N–H and O–H groups in total. The molecule has 1 rings (SSSR count). The molecule has 0 aromatic heterocycles. The Kier molecular flexibility index (Phi) is 2.84. The molecule has 0 unspecified atom stereocenters. The fourth-order valence-electron chi connectivity index (χ4n) is 1.24. The highest BCUT2D eigenvalue weighted by Crippen LogP contribution is 2.18. The number of hydrogen-bond acceptors (Lipinski definition) is 4. The Bertz CT molecular complexity index is 119. The maximum absolute atomic E-state index is 9.35. The van der Waals surface area contributed by atoms with Gasteiger partial charge in [-0.2, -0.15) is 0 Å². The highest BCUT2D eigenvalue weighted by atomic mass is 16.7. The lowest BCUT2D eigenvalue weighted by Gasteiger charge is -2.35. The van der Waals surface area contributed by atoms with Crippen LogP contribution in [0, 0.1) is 0 Å². The SMILES string of the molecule is CO[C@@H]1C[C@H](N)[C@@H](O)[C@@H](C)O1. The molecule has 4 atom stereocenters. The molecule has 1 fully saturated rings. The van der Waals surface area contributed by atoms with Gasteiger partial charge in [-0.25, -0.2) is 0 Å². The van der Waals surface area contributed by atoms with E-state index in [2.05, 4.69) is 0 Å². The molecule has 0 bridgehead atoms. The molecule has 0 radical (unpaired) electrons. The summed E-state index contributed by atoms with van der Waals surface area (Å²) < 4.78 is 10.2. The van der Waals surface area contributed by atoms with Gasteiger partial charge in [-0.15, -0.1) is 0 Å². The van der Waals surface area contributed by atoms with Gasteiger partial charge in [0.1, 0.15) is 0 Å². The Morgan fingerprint density at radius 1 is 1.64 bits per heavy atom. The van der Waals surface area contributed by atoms with E-state index in [9.17, 15) is 5.11 Å². The lowest BCUT2D eigenvalue weighted by atomic mass is 10.0. The molecular weight excluding hydrogens is 146 g/mol. The maximum Gasteiger partial charge on any atom is 0.159 e. The van der Waals surface area contributed by atoms with Crippen molar-refractivity contribution in [1.29, 1.82) is 0 Å². The number of nitrogens with two attached hydrogens (primary N) is 1. The molecule has 11 heavy (non-hydrogen) atoms. The van der Waals surface area contributed by atoms with Crippen molar-refractivity contribution in [2.45, 2.75) is 37.9 Å². The summed E-state index contributed by atoms with van der Waals surface area (Å²) in [5.74, 6) is 0. The fourth-order valence-corrected chi connectivity index (χ4v) is 1.24. The van der Waals surface area contributed by atoms with E-state index in [4.69, 9.17) is 15.2 Å². The van der Waals surface area contributed by atoms with Gasteiger partial charge in [-0.1, -0.05) is 0 Å². The molecule has 0 saturated carbocycles. The van der Waals surface area contributed by atoms with E-state index in [1.165, 1.54) is 0 Å². The Morgan fingerprint density at radius 3 is 2.73 bits per heavy atom. The summed E-state index contributed by atoms with van der Waals surface area (Å²) in [6.07, 6.45) is -0.504. The summed E-state index contributed by atoms with van der Waals surface area (Å²) in [6, 6.07) is -0.233.